The van der Waals surface area contributed by atoms with Gasteiger partial charge < -0.3 is 15.3 Å². The molecule has 0 aliphatic carbocycles. The number of amidine groups is 1. The maximum Gasteiger partial charge on any atom is 0.306 e. The highest BCUT2D eigenvalue weighted by atomic mass is 16.4. The molecule has 0 spiro atoms. The van der Waals surface area contributed by atoms with Crippen LogP contribution in [-0.4, -0.2) is 48.1 Å². The number of aromatic nitrogens is 1. The van der Waals surface area contributed by atoms with Crippen molar-refractivity contribution in [3.8, 4) is 0 Å². The van der Waals surface area contributed by atoms with Crippen molar-refractivity contribution in [1.82, 2.24) is 10.3 Å². The summed E-state index contributed by atoms with van der Waals surface area (Å²) in [6.45, 7) is 3.24. The summed E-state index contributed by atoms with van der Waals surface area (Å²) in [5.74, 6) is 0.909. The molecule has 3 heterocycles. The summed E-state index contributed by atoms with van der Waals surface area (Å²) in [5.41, 5.74) is 1.02. The number of pyridine rings is 1. The third-order valence-corrected chi connectivity index (χ3v) is 4.08. The van der Waals surface area contributed by atoms with Gasteiger partial charge in [0.05, 0.1) is 11.5 Å². The van der Waals surface area contributed by atoms with Gasteiger partial charge in [0.2, 0.25) is 0 Å². The first-order valence-electron chi connectivity index (χ1n) is 7.47. The van der Waals surface area contributed by atoms with Crippen LogP contribution in [0, 0.1) is 5.92 Å². The van der Waals surface area contributed by atoms with E-state index in [0.717, 1.165) is 49.8 Å². The zero-order valence-electron chi connectivity index (χ0n) is 12.0. The van der Waals surface area contributed by atoms with Crippen LogP contribution in [0.2, 0.25) is 0 Å². The van der Waals surface area contributed by atoms with Gasteiger partial charge in [-0.1, -0.05) is 0 Å². The molecular formula is C15H20N4O2. The lowest BCUT2D eigenvalue weighted by molar-refractivity contribution is -0.142. The van der Waals surface area contributed by atoms with Crippen molar-refractivity contribution in [3.63, 3.8) is 0 Å². The Balaban J connectivity index is 1.80. The normalized spacial score (nSPS) is 19.8. The second-order valence-corrected chi connectivity index (χ2v) is 5.48. The third kappa shape index (κ3) is 2.99. The van der Waals surface area contributed by atoms with E-state index in [1.54, 1.807) is 6.20 Å². The van der Waals surface area contributed by atoms with E-state index in [-0.39, 0.29) is 5.92 Å². The SMILES string of the molecule is O=C(O)C1CCN(c2ncccc2C2=NCCCN2)CC1. The van der Waals surface area contributed by atoms with Crippen LogP contribution in [-0.2, 0) is 4.79 Å². The number of piperidine rings is 1. The molecule has 2 aliphatic rings. The van der Waals surface area contributed by atoms with Crippen LogP contribution < -0.4 is 10.2 Å². The number of aliphatic carboxylic acids is 1. The molecule has 3 rings (SSSR count). The van der Waals surface area contributed by atoms with E-state index in [1.807, 2.05) is 12.1 Å². The fraction of sp³-hybridized carbons (Fsp3) is 0.533. The van der Waals surface area contributed by atoms with Crippen LogP contribution in [0.25, 0.3) is 0 Å². The molecule has 2 aliphatic heterocycles. The Kier molecular flexibility index (Phi) is 4.03. The Bertz CT molecular complexity index is 550. The van der Waals surface area contributed by atoms with Gasteiger partial charge in [-0.2, -0.15) is 0 Å². The number of anilines is 1. The fourth-order valence-electron chi connectivity index (χ4n) is 2.89. The molecule has 0 saturated carbocycles. The Morgan fingerprint density at radius 2 is 2.19 bits per heavy atom. The molecule has 21 heavy (non-hydrogen) atoms. The molecule has 112 valence electrons. The topological polar surface area (TPSA) is 77.8 Å². The predicted octanol–water partition coefficient (Wildman–Crippen LogP) is 1.12. The number of carboxylic acids is 1. The molecule has 0 amide bonds. The van der Waals surface area contributed by atoms with Gasteiger partial charge in [0.15, 0.2) is 0 Å². The maximum atomic E-state index is 11.0. The number of nitrogens with one attached hydrogen (secondary N) is 1. The largest absolute Gasteiger partial charge is 0.481 e. The van der Waals surface area contributed by atoms with Gasteiger partial charge in [-0.15, -0.1) is 0 Å². The zero-order valence-corrected chi connectivity index (χ0v) is 12.0. The molecule has 2 N–H and O–H groups in total. The standard InChI is InChI=1S/C15H20N4O2/c20-15(21)11-4-9-19(10-5-11)14-12(3-1-6-18-14)13-16-7-2-8-17-13/h1,3,6,11H,2,4-5,7-10H2,(H,16,17)(H,20,21). The first-order valence-corrected chi connectivity index (χ1v) is 7.47. The molecule has 6 heteroatoms. The minimum absolute atomic E-state index is 0.224. The Morgan fingerprint density at radius 1 is 1.38 bits per heavy atom. The van der Waals surface area contributed by atoms with Crippen molar-refractivity contribution in [3.05, 3.63) is 23.9 Å². The zero-order chi connectivity index (χ0) is 14.7. The van der Waals surface area contributed by atoms with Crippen molar-refractivity contribution in [2.24, 2.45) is 10.9 Å². The molecule has 0 bridgehead atoms. The average Bonchev–Trinajstić information content (AvgIpc) is 2.56. The summed E-state index contributed by atoms with van der Waals surface area (Å²) in [6.07, 6.45) is 4.19. The molecule has 1 fully saturated rings. The van der Waals surface area contributed by atoms with Crippen molar-refractivity contribution in [2.45, 2.75) is 19.3 Å². The summed E-state index contributed by atoms with van der Waals surface area (Å²) >= 11 is 0. The smallest absolute Gasteiger partial charge is 0.306 e. The van der Waals surface area contributed by atoms with Crippen molar-refractivity contribution in [2.75, 3.05) is 31.1 Å². The first kappa shape index (κ1) is 13.9. The minimum Gasteiger partial charge on any atom is -0.481 e. The Hall–Kier alpha value is -2.11. The monoisotopic (exact) mass is 288 g/mol. The first-order chi connectivity index (χ1) is 10.3. The lowest BCUT2D eigenvalue weighted by atomic mass is 9.97. The number of carbonyl (C=O) groups is 1. The molecule has 0 aromatic carbocycles. The molecule has 1 aromatic heterocycles. The second kappa shape index (κ2) is 6.11. The Labute approximate surface area is 123 Å². The van der Waals surface area contributed by atoms with Gasteiger partial charge in [-0.3, -0.25) is 9.79 Å². The lowest BCUT2D eigenvalue weighted by Crippen LogP contribution is -2.39. The lowest BCUT2D eigenvalue weighted by Gasteiger charge is -2.32. The number of hydrogen-bond acceptors (Lipinski definition) is 5. The van der Waals surface area contributed by atoms with Gasteiger partial charge in [0.1, 0.15) is 11.7 Å². The van der Waals surface area contributed by atoms with Crippen LogP contribution in [0.5, 0.6) is 0 Å². The van der Waals surface area contributed by atoms with Gasteiger partial charge in [0.25, 0.3) is 0 Å². The van der Waals surface area contributed by atoms with Gasteiger partial charge in [-0.05, 0) is 31.4 Å². The van der Waals surface area contributed by atoms with Gasteiger partial charge >= 0.3 is 5.97 Å². The van der Waals surface area contributed by atoms with Crippen molar-refractivity contribution >= 4 is 17.6 Å². The highest BCUT2D eigenvalue weighted by molar-refractivity contribution is 6.03. The highest BCUT2D eigenvalue weighted by Gasteiger charge is 2.27. The summed E-state index contributed by atoms with van der Waals surface area (Å²) in [5, 5.41) is 12.4. The summed E-state index contributed by atoms with van der Waals surface area (Å²) in [7, 11) is 0. The van der Waals surface area contributed by atoms with Crippen LogP contribution in [0.4, 0.5) is 5.82 Å². The van der Waals surface area contributed by atoms with Crippen LogP contribution >= 0.6 is 0 Å². The molecule has 0 radical (unpaired) electrons. The number of rotatable bonds is 3. The summed E-state index contributed by atoms with van der Waals surface area (Å²) in [4.78, 5) is 22.3. The van der Waals surface area contributed by atoms with E-state index in [9.17, 15) is 4.79 Å². The van der Waals surface area contributed by atoms with Crippen LogP contribution in [0.15, 0.2) is 23.3 Å². The number of aliphatic imine (C=N–C) groups is 1. The average molecular weight is 288 g/mol. The van der Waals surface area contributed by atoms with E-state index < -0.39 is 5.97 Å². The van der Waals surface area contributed by atoms with Crippen LogP contribution in [0.1, 0.15) is 24.8 Å². The predicted molar refractivity (Wildman–Crippen MR) is 80.8 cm³/mol. The minimum atomic E-state index is -0.686. The highest BCUT2D eigenvalue weighted by Crippen LogP contribution is 2.25. The molecule has 0 atom stereocenters. The van der Waals surface area contributed by atoms with E-state index in [2.05, 4.69) is 20.2 Å². The third-order valence-electron chi connectivity index (χ3n) is 4.08. The number of hydrogen-bond donors (Lipinski definition) is 2. The van der Waals surface area contributed by atoms with Crippen molar-refractivity contribution in [1.29, 1.82) is 0 Å². The van der Waals surface area contributed by atoms with Crippen molar-refractivity contribution < 1.29 is 9.90 Å². The summed E-state index contributed by atoms with van der Waals surface area (Å²) in [6, 6.07) is 3.95. The quantitative estimate of drug-likeness (QED) is 0.871. The fourth-order valence-corrected chi connectivity index (χ4v) is 2.89. The van der Waals surface area contributed by atoms with Gasteiger partial charge in [-0.25, -0.2) is 4.98 Å². The Morgan fingerprint density at radius 3 is 2.86 bits per heavy atom. The van der Waals surface area contributed by atoms with Gasteiger partial charge in [0, 0.05) is 32.4 Å². The van der Waals surface area contributed by atoms with Crippen LogP contribution in [0.3, 0.4) is 0 Å². The van der Waals surface area contributed by atoms with E-state index in [4.69, 9.17) is 5.11 Å². The van der Waals surface area contributed by atoms with E-state index >= 15 is 0 Å². The molecule has 6 nitrogen and oxygen atoms in total. The molecular weight excluding hydrogens is 268 g/mol. The second-order valence-electron chi connectivity index (χ2n) is 5.48. The maximum absolute atomic E-state index is 11.0. The molecule has 1 aromatic rings. The molecule has 0 unspecified atom stereocenters. The van der Waals surface area contributed by atoms with E-state index in [0.29, 0.717) is 12.8 Å². The number of nitrogens with zero attached hydrogens (tertiary/aromatic N) is 3. The summed E-state index contributed by atoms with van der Waals surface area (Å²) < 4.78 is 0. The van der Waals surface area contributed by atoms with E-state index in [1.165, 1.54) is 0 Å². The molecule has 1 saturated heterocycles. The number of carboxylic acid groups (broad SMARTS) is 1.